The standard InChI is InChI=1S/C12H18N2O/c1-14(9-12-6-3-7-15-12)11-5-2-4-10(13)8-11/h2,4-5,8,12H,3,6-7,9,13H2,1H3. The topological polar surface area (TPSA) is 38.5 Å². The average molecular weight is 206 g/mol. The smallest absolute Gasteiger partial charge is 0.0750 e. The van der Waals surface area contributed by atoms with Crippen LogP contribution in [0.1, 0.15) is 12.8 Å². The molecule has 0 aliphatic carbocycles. The maximum atomic E-state index is 5.75. The van der Waals surface area contributed by atoms with E-state index in [1.54, 1.807) is 0 Å². The largest absolute Gasteiger partial charge is 0.399 e. The van der Waals surface area contributed by atoms with E-state index in [0.717, 1.165) is 24.5 Å². The molecule has 1 fully saturated rings. The van der Waals surface area contributed by atoms with Crippen LogP contribution in [0, 0.1) is 0 Å². The van der Waals surface area contributed by atoms with Crippen molar-refractivity contribution >= 4 is 11.4 Å². The molecule has 0 bridgehead atoms. The first-order chi connectivity index (χ1) is 7.25. The Morgan fingerprint density at radius 3 is 3.07 bits per heavy atom. The van der Waals surface area contributed by atoms with Gasteiger partial charge in [-0.3, -0.25) is 0 Å². The molecule has 1 saturated heterocycles. The first-order valence-electron chi connectivity index (χ1n) is 5.44. The van der Waals surface area contributed by atoms with Crippen molar-refractivity contribution in [3.8, 4) is 0 Å². The van der Waals surface area contributed by atoms with E-state index in [1.165, 1.54) is 12.8 Å². The first-order valence-corrected chi connectivity index (χ1v) is 5.44. The third-order valence-electron chi connectivity index (χ3n) is 2.81. The van der Waals surface area contributed by atoms with E-state index < -0.39 is 0 Å². The van der Waals surface area contributed by atoms with Crippen molar-refractivity contribution in [3.05, 3.63) is 24.3 Å². The summed E-state index contributed by atoms with van der Waals surface area (Å²) in [4.78, 5) is 2.20. The molecule has 1 aliphatic rings. The number of rotatable bonds is 3. The second-order valence-electron chi connectivity index (χ2n) is 4.11. The molecule has 0 spiro atoms. The molecule has 1 heterocycles. The Morgan fingerprint density at radius 1 is 1.53 bits per heavy atom. The summed E-state index contributed by atoms with van der Waals surface area (Å²) in [7, 11) is 2.08. The van der Waals surface area contributed by atoms with Gasteiger partial charge in [-0.25, -0.2) is 0 Å². The van der Waals surface area contributed by atoms with E-state index in [1.807, 2.05) is 18.2 Å². The average Bonchev–Trinajstić information content (AvgIpc) is 2.70. The van der Waals surface area contributed by atoms with E-state index in [-0.39, 0.29) is 0 Å². The number of hydrogen-bond donors (Lipinski definition) is 1. The van der Waals surface area contributed by atoms with E-state index in [0.29, 0.717) is 6.10 Å². The minimum atomic E-state index is 0.386. The number of nitrogens with zero attached hydrogens (tertiary/aromatic N) is 1. The summed E-state index contributed by atoms with van der Waals surface area (Å²) < 4.78 is 5.60. The molecule has 15 heavy (non-hydrogen) atoms. The Labute approximate surface area is 90.8 Å². The zero-order valence-corrected chi connectivity index (χ0v) is 9.15. The molecule has 2 rings (SSSR count). The highest BCUT2D eigenvalue weighted by Gasteiger charge is 2.17. The van der Waals surface area contributed by atoms with Crippen LogP contribution < -0.4 is 10.6 Å². The minimum absolute atomic E-state index is 0.386. The van der Waals surface area contributed by atoms with Gasteiger partial charge in [0.2, 0.25) is 0 Å². The van der Waals surface area contributed by atoms with Gasteiger partial charge in [-0.15, -0.1) is 0 Å². The van der Waals surface area contributed by atoms with E-state index in [4.69, 9.17) is 10.5 Å². The van der Waals surface area contributed by atoms with Gasteiger partial charge in [0.25, 0.3) is 0 Å². The van der Waals surface area contributed by atoms with Gasteiger partial charge in [-0.05, 0) is 31.0 Å². The van der Waals surface area contributed by atoms with Crippen molar-refractivity contribution in [2.75, 3.05) is 30.8 Å². The summed E-state index contributed by atoms with van der Waals surface area (Å²) in [5, 5.41) is 0. The third kappa shape index (κ3) is 2.63. The molecule has 1 aliphatic heterocycles. The number of benzene rings is 1. The van der Waals surface area contributed by atoms with Crippen LogP contribution in [0.2, 0.25) is 0 Å². The molecule has 3 heteroatoms. The van der Waals surface area contributed by atoms with Gasteiger partial charge in [-0.2, -0.15) is 0 Å². The third-order valence-corrected chi connectivity index (χ3v) is 2.81. The van der Waals surface area contributed by atoms with Gasteiger partial charge < -0.3 is 15.4 Å². The fourth-order valence-electron chi connectivity index (χ4n) is 1.96. The molecule has 1 aromatic carbocycles. The molecule has 0 saturated carbocycles. The lowest BCUT2D eigenvalue weighted by atomic mass is 10.2. The molecule has 1 aromatic rings. The zero-order valence-electron chi connectivity index (χ0n) is 9.15. The number of ether oxygens (including phenoxy) is 1. The SMILES string of the molecule is CN(CC1CCCO1)c1cccc(N)c1. The summed E-state index contributed by atoms with van der Waals surface area (Å²) in [5.41, 5.74) is 7.72. The van der Waals surface area contributed by atoms with E-state index in [2.05, 4.69) is 18.0 Å². The van der Waals surface area contributed by atoms with Crippen molar-refractivity contribution in [1.82, 2.24) is 0 Å². The highest BCUT2D eigenvalue weighted by atomic mass is 16.5. The zero-order chi connectivity index (χ0) is 10.7. The summed E-state index contributed by atoms with van der Waals surface area (Å²) in [6, 6.07) is 7.96. The summed E-state index contributed by atoms with van der Waals surface area (Å²) >= 11 is 0. The molecule has 2 N–H and O–H groups in total. The molecule has 0 radical (unpaired) electrons. The maximum absolute atomic E-state index is 5.75. The fraction of sp³-hybridized carbons (Fsp3) is 0.500. The quantitative estimate of drug-likeness (QED) is 0.767. The Hall–Kier alpha value is -1.22. The Kier molecular flexibility index (Phi) is 3.11. The number of anilines is 2. The molecular formula is C12H18N2O. The number of likely N-dealkylation sites (N-methyl/N-ethyl adjacent to an activating group) is 1. The lowest BCUT2D eigenvalue weighted by Crippen LogP contribution is -2.28. The second kappa shape index (κ2) is 4.53. The maximum Gasteiger partial charge on any atom is 0.0750 e. The molecule has 0 amide bonds. The number of nitrogens with two attached hydrogens (primary N) is 1. The first kappa shape index (κ1) is 10.3. The summed E-state index contributed by atoms with van der Waals surface area (Å²) in [5.74, 6) is 0. The summed E-state index contributed by atoms with van der Waals surface area (Å²) in [6.07, 6.45) is 2.75. The molecule has 1 unspecified atom stereocenters. The molecule has 3 nitrogen and oxygen atoms in total. The number of hydrogen-bond acceptors (Lipinski definition) is 3. The van der Waals surface area contributed by atoms with Crippen LogP contribution in [-0.4, -0.2) is 26.3 Å². The Bertz CT molecular complexity index is 321. The van der Waals surface area contributed by atoms with Gasteiger partial charge >= 0.3 is 0 Å². The monoisotopic (exact) mass is 206 g/mol. The molecular weight excluding hydrogens is 188 g/mol. The fourth-order valence-corrected chi connectivity index (χ4v) is 1.96. The van der Waals surface area contributed by atoms with E-state index in [9.17, 15) is 0 Å². The van der Waals surface area contributed by atoms with Crippen LogP contribution in [0.3, 0.4) is 0 Å². The Morgan fingerprint density at radius 2 is 2.40 bits per heavy atom. The highest BCUT2D eigenvalue weighted by Crippen LogP contribution is 2.19. The van der Waals surface area contributed by atoms with Gasteiger partial charge in [0.1, 0.15) is 0 Å². The van der Waals surface area contributed by atoms with Crippen molar-refractivity contribution in [3.63, 3.8) is 0 Å². The van der Waals surface area contributed by atoms with Crippen LogP contribution in [0.4, 0.5) is 11.4 Å². The van der Waals surface area contributed by atoms with Gasteiger partial charge in [0.15, 0.2) is 0 Å². The molecule has 0 aromatic heterocycles. The minimum Gasteiger partial charge on any atom is -0.399 e. The van der Waals surface area contributed by atoms with Crippen LogP contribution in [0.25, 0.3) is 0 Å². The second-order valence-corrected chi connectivity index (χ2v) is 4.11. The van der Waals surface area contributed by atoms with Crippen molar-refractivity contribution in [1.29, 1.82) is 0 Å². The predicted octanol–water partition coefficient (Wildman–Crippen LogP) is 1.88. The lowest BCUT2D eigenvalue weighted by Gasteiger charge is -2.22. The van der Waals surface area contributed by atoms with Gasteiger partial charge in [-0.1, -0.05) is 6.07 Å². The summed E-state index contributed by atoms with van der Waals surface area (Å²) in [6.45, 7) is 1.86. The van der Waals surface area contributed by atoms with Gasteiger partial charge in [0.05, 0.1) is 6.10 Å². The normalized spacial score (nSPS) is 20.5. The number of nitrogen functional groups attached to an aromatic ring is 1. The lowest BCUT2D eigenvalue weighted by molar-refractivity contribution is 0.116. The van der Waals surface area contributed by atoms with Gasteiger partial charge in [0, 0.05) is 31.6 Å². The highest BCUT2D eigenvalue weighted by molar-refractivity contribution is 5.55. The predicted molar refractivity (Wildman–Crippen MR) is 63.1 cm³/mol. The van der Waals surface area contributed by atoms with Crippen molar-refractivity contribution in [2.45, 2.75) is 18.9 Å². The molecule has 1 atom stereocenters. The van der Waals surface area contributed by atoms with Crippen LogP contribution in [0.5, 0.6) is 0 Å². The van der Waals surface area contributed by atoms with E-state index >= 15 is 0 Å². The Balaban J connectivity index is 1.97. The van der Waals surface area contributed by atoms with Crippen LogP contribution >= 0.6 is 0 Å². The van der Waals surface area contributed by atoms with Crippen molar-refractivity contribution < 1.29 is 4.74 Å². The van der Waals surface area contributed by atoms with Crippen molar-refractivity contribution in [2.24, 2.45) is 0 Å². The van der Waals surface area contributed by atoms with Crippen LogP contribution in [0.15, 0.2) is 24.3 Å². The van der Waals surface area contributed by atoms with Crippen LogP contribution in [-0.2, 0) is 4.74 Å². The molecule has 82 valence electrons.